The quantitative estimate of drug-likeness (QED) is 0.427. The number of aliphatic imine (C=N–C) groups is 1. The molecule has 3 heterocycles. The highest BCUT2D eigenvalue weighted by Gasteiger charge is 2.17. The molecule has 1 aromatic rings. The van der Waals surface area contributed by atoms with Crippen molar-refractivity contribution in [3.8, 4) is 0 Å². The zero-order valence-electron chi connectivity index (χ0n) is 15.6. The van der Waals surface area contributed by atoms with Crippen LogP contribution in [0.2, 0.25) is 0 Å². The van der Waals surface area contributed by atoms with E-state index in [2.05, 4.69) is 46.1 Å². The minimum absolute atomic E-state index is 0. The van der Waals surface area contributed by atoms with E-state index < -0.39 is 0 Å². The molecular formula is C19H32IN5. The number of guanidine groups is 1. The second kappa shape index (κ2) is 10.2. The molecule has 1 aromatic heterocycles. The summed E-state index contributed by atoms with van der Waals surface area (Å²) in [5, 5.41) is 3.41. The van der Waals surface area contributed by atoms with Crippen LogP contribution in [0.1, 0.15) is 45.1 Å². The maximum absolute atomic E-state index is 4.80. The summed E-state index contributed by atoms with van der Waals surface area (Å²) >= 11 is 0. The number of pyridine rings is 1. The second-order valence-electron chi connectivity index (χ2n) is 7.06. The molecule has 0 amide bonds. The Morgan fingerprint density at radius 3 is 2.52 bits per heavy atom. The minimum Gasteiger partial charge on any atom is -0.357 e. The van der Waals surface area contributed by atoms with Gasteiger partial charge in [-0.05, 0) is 50.2 Å². The fraction of sp³-hybridized carbons (Fsp3) is 0.684. The summed E-state index contributed by atoms with van der Waals surface area (Å²) in [5.74, 6) is 3.01. The molecule has 2 aliphatic rings. The zero-order valence-corrected chi connectivity index (χ0v) is 17.9. The maximum Gasteiger partial charge on any atom is 0.194 e. The van der Waals surface area contributed by atoms with Gasteiger partial charge in [-0.25, -0.2) is 9.98 Å². The van der Waals surface area contributed by atoms with Crippen molar-refractivity contribution < 1.29 is 0 Å². The highest BCUT2D eigenvalue weighted by molar-refractivity contribution is 14.0. The molecule has 0 atom stereocenters. The minimum atomic E-state index is 0. The van der Waals surface area contributed by atoms with Crippen LogP contribution in [0.3, 0.4) is 0 Å². The summed E-state index contributed by atoms with van der Waals surface area (Å²) in [6.45, 7) is 10.6. The van der Waals surface area contributed by atoms with Gasteiger partial charge in [0.25, 0.3) is 0 Å². The van der Waals surface area contributed by atoms with Crippen molar-refractivity contribution in [1.29, 1.82) is 0 Å². The standard InChI is InChI=1S/C19H31N5.HI/c1-3-20-19(24-10-4-5-11-24)22-15-17-6-7-18(21-14-17)23-12-8-16(2)9-13-23;/h6-7,14,16H,3-5,8-13,15H2,1-2H3,(H,20,22);1H. The molecule has 0 aliphatic carbocycles. The van der Waals surface area contributed by atoms with Gasteiger partial charge in [-0.15, -0.1) is 24.0 Å². The number of halogens is 1. The van der Waals surface area contributed by atoms with Gasteiger partial charge in [0.05, 0.1) is 6.54 Å². The predicted molar refractivity (Wildman–Crippen MR) is 116 cm³/mol. The van der Waals surface area contributed by atoms with E-state index in [1.807, 2.05) is 6.20 Å². The van der Waals surface area contributed by atoms with E-state index in [1.165, 1.54) is 31.2 Å². The van der Waals surface area contributed by atoms with Crippen LogP contribution in [0, 0.1) is 5.92 Å². The first kappa shape index (κ1) is 20.3. The summed E-state index contributed by atoms with van der Waals surface area (Å²) in [4.78, 5) is 14.2. The maximum atomic E-state index is 4.80. The van der Waals surface area contributed by atoms with Gasteiger partial charge in [0.1, 0.15) is 5.82 Å². The number of piperidine rings is 1. The van der Waals surface area contributed by atoms with Crippen LogP contribution in [0.4, 0.5) is 5.82 Å². The van der Waals surface area contributed by atoms with Crippen molar-refractivity contribution in [3.05, 3.63) is 23.9 Å². The fourth-order valence-corrected chi connectivity index (χ4v) is 3.46. The fourth-order valence-electron chi connectivity index (χ4n) is 3.46. The topological polar surface area (TPSA) is 43.8 Å². The van der Waals surface area contributed by atoms with E-state index in [1.54, 1.807) is 0 Å². The molecule has 5 nitrogen and oxygen atoms in total. The number of nitrogens with zero attached hydrogens (tertiary/aromatic N) is 4. The molecule has 2 aliphatic heterocycles. The first-order chi connectivity index (χ1) is 11.8. The van der Waals surface area contributed by atoms with Crippen molar-refractivity contribution in [1.82, 2.24) is 15.2 Å². The molecule has 140 valence electrons. The zero-order chi connectivity index (χ0) is 16.8. The normalized spacial score (nSPS) is 19.0. The predicted octanol–water partition coefficient (Wildman–Crippen LogP) is 3.50. The van der Waals surface area contributed by atoms with Crippen molar-refractivity contribution in [2.45, 2.75) is 46.1 Å². The van der Waals surface area contributed by atoms with Crippen molar-refractivity contribution >= 4 is 35.8 Å². The molecule has 6 heteroatoms. The lowest BCUT2D eigenvalue weighted by Gasteiger charge is -2.31. The highest BCUT2D eigenvalue weighted by atomic mass is 127. The Balaban J connectivity index is 0.00000225. The number of likely N-dealkylation sites (tertiary alicyclic amines) is 1. The number of hydrogen-bond donors (Lipinski definition) is 1. The largest absolute Gasteiger partial charge is 0.357 e. The Bertz CT molecular complexity index is 531. The van der Waals surface area contributed by atoms with Crippen molar-refractivity contribution in [2.75, 3.05) is 37.6 Å². The Hall–Kier alpha value is -1.05. The summed E-state index contributed by atoms with van der Waals surface area (Å²) in [7, 11) is 0. The van der Waals surface area contributed by atoms with Gasteiger partial charge in [0.15, 0.2) is 5.96 Å². The van der Waals surface area contributed by atoms with E-state index >= 15 is 0 Å². The van der Waals surface area contributed by atoms with Gasteiger partial charge in [0, 0.05) is 38.9 Å². The van der Waals surface area contributed by atoms with Gasteiger partial charge in [0.2, 0.25) is 0 Å². The lowest BCUT2D eigenvalue weighted by molar-refractivity contribution is 0.436. The van der Waals surface area contributed by atoms with E-state index in [4.69, 9.17) is 4.99 Å². The van der Waals surface area contributed by atoms with Crippen LogP contribution >= 0.6 is 24.0 Å². The Morgan fingerprint density at radius 1 is 1.20 bits per heavy atom. The molecule has 0 radical (unpaired) electrons. The molecule has 0 aromatic carbocycles. The number of hydrogen-bond acceptors (Lipinski definition) is 3. The lowest BCUT2D eigenvalue weighted by atomic mass is 9.99. The van der Waals surface area contributed by atoms with Crippen LogP contribution < -0.4 is 10.2 Å². The molecule has 0 unspecified atom stereocenters. The molecule has 2 saturated heterocycles. The molecule has 0 bridgehead atoms. The van der Waals surface area contributed by atoms with Crippen LogP contribution in [0.15, 0.2) is 23.3 Å². The average molecular weight is 457 g/mol. The summed E-state index contributed by atoms with van der Waals surface area (Å²) in [6, 6.07) is 4.33. The molecular weight excluding hydrogens is 425 g/mol. The average Bonchev–Trinajstić information content (AvgIpc) is 3.14. The van der Waals surface area contributed by atoms with Gasteiger partial charge in [-0.1, -0.05) is 13.0 Å². The van der Waals surface area contributed by atoms with Gasteiger partial charge in [-0.2, -0.15) is 0 Å². The Morgan fingerprint density at radius 2 is 1.92 bits per heavy atom. The van der Waals surface area contributed by atoms with Gasteiger partial charge < -0.3 is 15.1 Å². The summed E-state index contributed by atoms with van der Waals surface area (Å²) in [5.41, 5.74) is 1.18. The van der Waals surface area contributed by atoms with Gasteiger partial charge in [-0.3, -0.25) is 0 Å². The molecule has 0 saturated carbocycles. The van der Waals surface area contributed by atoms with E-state index in [9.17, 15) is 0 Å². The second-order valence-corrected chi connectivity index (χ2v) is 7.06. The van der Waals surface area contributed by atoms with Crippen LogP contribution in [-0.4, -0.2) is 48.6 Å². The third kappa shape index (κ3) is 5.72. The molecule has 2 fully saturated rings. The molecule has 3 rings (SSSR count). The molecule has 25 heavy (non-hydrogen) atoms. The van der Waals surface area contributed by atoms with Crippen LogP contribution in [0.5, 0.6) is 0 Å². The lowest BCUT2D eigenvalue weighted by Crippen LogP contribution is -2.39. The first-order valence-electron chi connectivity index (χ1n) is 9.49. The van der Waals surface area contributed by atoms with Gasteiger partial charge >= 0.3 is 0 Å². The summed E-state index contributed by atoms with van der Waals surface area (Å²) < 4.78 is 0. The number of aromatic nitrogens is 1. The monoisotopic (exact) mass is 457 g/mol. The first-order valence-corrected chi connectivity index (χ1v) is 9.49. The number of nitrogens with one attached hydrogen (secondary N) is 1. The molecule has 1 N–H and O–H groups in total. The van der Waals surface area contributed by atoms with Crippen LogP contribution in [-0.2, 0) is 6.54 Å². The summed E-state index contributed by atoms with van der Waals surface area (Å²) in [6.07, 6.45) is 7.08. The third-order valence-electron chi connectivity index (χ3n) is 5.07. The smallest absolute Gasteiger partial charge is 0.194 e. The number of anilines is 1. The van der Waals surface area contributed by atoms with E-state index in [0.29, 0.717) is 6.54 Å². The third-order valence-corrected chi connectivity index (χ3v) is 5.07. The van der Waals surface area contributed by atoms with Crippen molar-refractivity contribution in [2.24, 2.45) is 10.9 Å². The van der Waals surface area contributed by atoms with E-state index in [0.717, 1.165) is 50.4 Å². The Labute approximate surface area is 169 Å². The number of rotatable bonds is 4. The van der Waals surface area contributed by atoms with Crippen LogP contribution in [0.25, 0.3) is 0 Å². The SMILES string of the molecule is CCNC(=NCc1ccc(N2CCC(C)CC2)nc1)N1CCCC1.I. The molecule has 0 spiro atoms. The van der Waals surface area contributed by atoms with Crippen molar-refractivity contribution in [3.63, 3.8) is 0 Å². The Kier molecular flexibility index (Phi) is 8.26. The van der Waals surface area contributed by atoms with E-state index in [-0.39, 0.29) is 24.0 Å². The highest BCUT2D eigenvalue weighted by Crippen LogP contribution is 2.21.